The number of aliphatic hydroxyl groups excluding tert-OH is 1. The van der Waals surface area contributed by atoms with Crippen LogP contribution in [0.3, 0.4) is 0 Å². The number of esters is 1. The van der Waals surface area contributed by atoms with E-state index in [1.54, 1.807) is 29.0 Å². The highest BCUT2D eigenvalue weighted by molar-refractivity contribution is 5.98. The maximum atomic E-state index is 14.6. The largest absolute Gasteiger partial charge is 0.455 e. The van der Waals surface area contributed by atoms with E-state index in [1.807, 2.05) is 51.1 Å². The zero-order valence-corrected chi connectivity index (χ0v) is 28.7. The predicted molar refractivity (Wildman–Crippen MR) is 179 cm³/mol. The van der Waals surface area contributed by atoms with Crippen molar-refractivity contribution < 1.29 is 33.8 Å². The Morgan fingerprint density at radius 3 is 2.47 bits per heavy atom. The van der Waals surface area contributed by atoms with Gasteiger partial charge in [0.15, 0.2) is 0 Å². The third kappa shape index (κ3) is 6.77. The lowest BCUT2D eigenvalue weighted by Crippen LogP contribution is -2.60. The Morgan fingerprint density at radius 2 is 1.87 bits per heavy atom. The van der Waals surface area contributed by atoms with Crippen molar-refractivity contribution in [3.05, 3.63) is 61.2 Å². The number of allylic oxidation sites excluding steroid dienone is 1. The molecular weight excluding hydrogens is 598 g/mol. The van der Waals surface area contributed by atoms with Crippen molar-refractivity contribution >= 4 is 23.7 Å². The van der Waals surface area contributed by atoms with Gasteiger partial charge in [-0.05, 0) is 51.5 Å². The summed E-state index contributed by atoms with van der Waals surface area (Å²) in [6.07, 6.45) is 5.80. The second-order valence-corrected chi connectivity index (χ2v) is 13.3. The van der Waals surface area contributed by atoms with E-state index < -0.39 is 53.7 Å². The Hall–Kier alpha value is -3.50. The van der Waals surface area contributed by atoms with Gasteiger partial charge in [0, 0.05) is 26.1 Å². The number of nitrogens with zero attached hydrogens (tertiary/aromatic N) is 3. The lowest BCUT2D eigenvalue weighted by atomic mass is 9.70. The fourth-order valence-corrected chi connectivity index (χ4v) is 7.93. The summed E-state index contributed by atoms with van der Waals surface area (Å²) in [5, 5.41) is 10.4. The van der Waals surface area contributed by atoms with Gasteiger partial charge in [-0.15, -0.1) is 13.2 Å². The van der Waals surface area contributed by atoms with Crippen LogP contribution >= 0.6 is 0 Å². The first-order valence-electron chi connectivity index (χ1n) is 17.2. The third-order valence-electron chi connectivity index (χ3n) is 10.5. The van der Waals surface area contributed by atoms with Crippen LogP contribution in [0.25, 0.3) is 0 Å². The van der Waals surface area contributed by atoms with Gasteiger partial charge in [-0.25, -0.2) is 0 Å². The average Bonchev–Trinajstić information content (AvgIpc) is 3.72. The van der Waals surface area contributed by atoms with Gasteiger partial charge in [-0.3, -0.25) is 19.2 Å². The highest BCUT2D eigenvalue weighted by atomic mass is 16.6. The normalized spacial score (nSPS) is 27.0. The number of carbonyl (C=O) groups excluding carboxylic acids is 4. The molecule has 1 aromatic carbocycles. The lowest BCUT2D eigenvalue weighted by Gasteiger charge is -2.40. The molecule has 3 saturated heterocycles. The van der Waals surface area contributed by atoms with Crippen LogP contribution < -0.4 is 0 Å². The maximum absolute atomic E-state index is 14.6. The first-order valence-corrected chi connectivity index (χ1v) is 17.2. The number of hydrogen-bond donors (Lipinski definition) is 1. The molecule has 0 saturated carbocycles. The molecule has 1 unspecified atom stereocenters. The molecular formula is C37H53N3O7. The fraction of sp³-hybridized carbons (Fsp3) is 0.622. The summed E-state index contributed by atoms with van der Waals surface area (Å²) in [7, 11) is 1.69. The van der Waals surface area contributed by atoms with E-state index >= 15 is 0 Å². The molecule has 3 aliphatic rings. The Balaban J connectivity index is 1.71. The van der Waals surface area contributed by atoms with Crippen LogP contribution in [-0.2, 0) is 28.7 Å². The summed E-state index contributed by atoms with van der Waals surface area (Å²) in [4.78, 5) is 61.2. The van der Waals surface area contributed by atoms with Gasteiger partial charge in [-0.1, -0.05) is 62.8 Å². The molecule has 10 nitrogen and oxygen atoms in total. The molecule has 3 aliphatic heterocycles. The SMILES string of the molecule is C=CCCC(=O)N(C)[C@H](C)[C@H](OC(=O)[C@@H]1[C@@H]2CC[C@]3(O2)[C@H](C(=O)N(CC=C)C(C)CCC)N([C@@H](CC)CO)C(=O)[C@@H]13)c1ccccc1. The molecule has 0 aromatic heterocycles. The number of benzene rings is 1. The molecule has 258 valence electrons. The topological polar surface area (TPSA) is 117 Å². The standard InChI is InChI=1S/C37H53N3O7/c1-8-12-19-29(42)38(7)25(6)32(26-17-14-13-15-18-26)46-36(45)30-28-20-21-37(47-28)31(30)34(43)40(27(11-4)23-41)33(37)35(44)39(22-10-3)24(5)16-9-2/h8,10,13-15,17-18,24-25,27-28,30-33,41H,1,3,9,11-12,16,19-23H2,2,4-7H3/t24?,25-,27+,28+,30-,31-,32+,33+,37-/m1/s1. The van der Waals surface area contributed by atoms with Crippen molar-refractivity contribution in [2.45, 2.75) is 115 Å². The van der Waals surface area contributed by atoms with E-state index in [2.05, 4.69) is 20.1 Å². The van der Waals surface area contributed by atoms with E-state index in [0.717, 1.165) is 18.4 Å². The van der Waals surface area contributed by atoms with Crippen molar-refractivity contribution in [2.75, 3.05) is 20.2 Å². The number of carbonyl (C=O) groups is 4. The summed E-state index contributed by atoms with van der Waals surface area (Å²) >= 11 is 0. The van der Waals surface area contributed by atoms with Crippen molar-refractivity contribution in [3.8, 4) is 0 Å². The van der Waals surface area contributed by atoms with Crippen LogP contribution in [0.2, 0.25) is 0 Å². The van der Waals surface area contributed by atoms with E-state index in [-0.39, 0.29) is 36.8 Å². The molecule has 2 bridgehead atoms. The van der Waals surface area contributed by atoms with Gasteiger partial charge in [0.25, 0.3) is 0 Å². The lowest BCUT2D eigenvalue weighted by molar-refractivity contribution is -0.165. The zero-order chi connectivity index (χ0) is 34.5. The van der Waals surface area contributed by atoms with Crippen LogP contribution in [0.5, 0.6) is 0 Å². The molecule has 3 amide bonds. The number of likely N-dealkylation sites (tertiary alicyclic amines) is 1. The summed E-state index contributed by atoms with van der Waals surface area (Å²) in [5.74, 6) is -3.18. The maximum Gasteiger partial charge on any atom is 0.313 e. The molecule has 10 heteroatoms. The van der Waals surface area contributed by atoms with Gasteiger partial charge < -0.3 is 29.3 Å². The summed E-state index contributed by atoms with van der Waals surface area (Å²) in [6, 6.07) is 7.05. The van der Waals surface area contributed by atoms with Gasteiger partial charge in [0.2, 0.25) is 17.7 Å². The monoisotopic (exact) mass is 651 g/mol. The van der Waals surface area contributed by atoms with Crippen LogP contribution in [0.15, 0.2) is 55.6 Å². The minimum absolute atomic E-state index is 0.101. The summed E-state index contributed by atoms with van der Waals surface area (Å²) in [5.41, 5.74) is -0.499. The number of hydrogen-bond acceptors (Lipinski definition) is 7. The molecule has 0 aliphatic carbocycles. The smallest absolute Gasteiger partial charge is 0.313 e. The molecule has 1 aromatic rings. The predicted octanol–water partition coefficient (Wildman–Crippen LogP) is 4.43. The Labute approximate surface area is 279 Å². The summed E-state index contributed by atoms with van der Waals surface area (Å²) in [6.45, 7) is 15.3. The van der Waals surface area contributed by atoms with Gasteiger partial charge >= 0.3 is 5.97 Å². The number of rotatable bonds is 17. The van der Waals surface area contributed by atoms with Crippen LogP contribution in [0.4, 0.5) is 0 Å². The number of ether oxygens (including phenoxy) is 2. The Morgan fingerprint density at radius 1 is 1.17 bits per heavy atom. The van der Waals surface area contributed by atoms with E-state index in [9.17, 15) is 24.3 Å². The number of aliphatic hydroxyl groups is 1. The second kappa shape index (κ2) is 15.6. The highest BCUT2D eigenvalue weighted by Crippen LogP contribution is 2.59. The second-order valence-electron chi connectivity index (χ2n) is 13.3. The molecule has 1 spiro atoms. The average molecular weight is 652 g/mol. The molecule has 4 rings (SSSR count). The van der Waals surface area contributed by atoms with Crippen LogP contribution in [-0.4, -0.2) is 99.6 Å². The number of likely N-dealkylation sites (N-methyl/N-ethyl adjacent to an activating group) is 1. The number of fused-ring (bicyclic) bond motifs is 1. The molecule has 47 heavy (non-hydrogen) atoms. The molecule has 1 N–H and O–H groups in total. The van der Waals surface area contributed by atoms with Gasteiger partial charge in [0.05, 0.1) is 36.6 Å². The van der Waals surface area contributed by atoms with E-state index in [1.165, 1.54) is 4.90 Å². The first-order chi connectivity index (χ1) is 22.5. The van der Waals surface area contributed by atoms with Crippen molar-refractivity contribution in [1.82, 2.24) is 14.7 Å². The Bertz CT molecular complexity index is 1300. The third-order valence-corrected chi connectivity index (χ3v) is 10.5. The Kier molecular flexibility index (Phi) is 12.1. The first kappa shape index (κ1) is 36.3. The fourth-order valence-electron chi connectivity index (χ4n) is 7.93. The molecule has 3 fully saturated rings. The van der Waals surface area contributed by atoms with E-state index in [4.69, 9.17) is 9.47 Å². The van der Waals surface area contributed by atoms with Crippen molar-refractivity contribution in [1.29, 1.82) is 0 Å². The quantitative estimate of drug-likeness (QED) is 0.196. The molecule has 9 atom stereocenters. The van der Waals surface area contributed by atoms with Gasteiger partial charge in [-0.2, -0.15) is 0 Å². The van der Waals surface area contributed by atoms with Crippen molar-refractivity contribution in [3.63, 3.8) is 0 Å². The minimum atomic E-state index is -1.22. The van der Waals surface area contributed by atoms with Crippen molar-refractivity contribution in [2.24, 2.45) is 11.8 Å². The number of amides is 3. The highest BCUT2D eigenvalue weighted by Gasteiger charge is 2.75. The van der Waals surface area contributed by atoms with Crippen LogP contribution in [0, 0.1) is 11.8 Å². The minimum Gasteiger partial charge on any atom is -0.455 e. The molecule has 3 heterocycles. The van der Waals surface area contributed by atoms with Gasteiger partial charge in [0.1, 0.15) is 17.7 Å². The summed E-state index contributed by atoms with van der Waals surface area (Å²) < 4.78 is 12.9. The van der Waals surface area contributed by atoms with E-state index in [0.29, 0.717) is 32.2 Å². The molecule has 0 radical (unpaired) electrons. The van der Waals surface area contributed by atoms with Crippen LogP contribution in [0.1, 0.15) is 84.3 Å². The zero-order valence-electron chi connectivity index (χ0n) is 28.7.